The zero-order chi connectivity index (χ0) is 21.8. The number of rotatable bonds is 6. The number of amides is 2. The summed E-state index contributed by atoms with van der Waals surface area (Å²) in [6.45, 7) is 3.96. The predicted molar refractivity (Wildman–Crippen MR) is 115 cm³/mol. The summed E-state index contributed by atoms with van der Waals surface area (Å²) in [5, 5.41) is 7.49. The molecule has 0 saturated heterocycles. The third-order valence-corrected chi connectivity index (χ3v) is 5.43. The summed E-state index contributed by atoms with van der Waals surface area (Å²) < 4.78 is 7.03. The Kier molecular flexibility index (Phi) is 5.97. The molecule has 1 aliphatic heterocycles. The summed E-state index contributed by atoms with van der Waals surface area (Å²) in [6.07, 6.45) is 2.26. The fourth-order valence-electron chi connectivity index (χ4n) is 3.77. The third kappa shape index (κ3) is 4.28. The largest absolute Gasteiger partial charge is 0.497 e. The van der Waals surface area contributed by atoms with Gasteiger partial charge in [0.05, 0.1) is 13.7 Å². The van der Waals surface area contributed by atoms with E-state index in [0.717, 1.165) is 22.6 Å². The first-order chi connectivity index (χ1) is 15.1. The number of hydrogen-bond donors (Lipinski definition) is 1. The maximum Gasteiger partial charge on any atom is 0.272 e. The van der Waals surface area contributed by atoms with E-state index in [9.17, 15) is 9.59 Å². The lowest BCUT2D eigenvalue weighted by Gasteiger charge is -2.27. The Morgan fingerprint density at radius 2 is 1.97 bits per heavy atom. The molecule has 1 N–H and O–H groups in total. The molecule has 0 unspecified atom stereocenters. The van der Waals surface area contributed by atoms with E-state index in [0.29, 0.717) is 44.0 Å². The number of carbonyl (C=O) groups is 2. The van der Waals surface area contributed by atoms with Gasteiger partial charge in [-0.1, -0.05) is 18.2 Å². The van der Waals surface area contributed by atoms with Crippen molar-refractivity contribution in [3.8, 4) is 5.75 Å². The predicted octanol–water partition coefficient (Wildman–Crippen LogP) is 2.44. The highest BCUT2D eigenvalue weighted by atomic mass is 16.5. The topological polar surface area (TPSA) is 89.4 Å². The molecule has 0 bridgehead atoms. The van der Waals surface area contributed by atoms with E-state index in [-0.39, 0.29) is 11.8 Å². The number of hydrogen-bond acceptors (Lipinski definition) is 5. The van der Waals surface area contributed by atoms with Crippen molar-refractivity contribution in [2.45, 2.75) is 33.0 Å². The van der Waals surface area contributed by atoms with Crippen molar-refractivity contribution in [1.82, 2.24) is 25.0 Å². The Hall–Kier alpha value is -3.68. The summed E-state index contributed by atoms with van der Waals surface area (Å²) >= 11 is 0. The number of nitrogens with one attached hydrogen (secondary N) is 1. The maximum absolute atomic E-state index is 13.0. The highest BCUT2D eigenvalue weighted by Crippen LogP contribution is 2.24. The van der Waals surface area contributed by atoms with Gasteiger partial charge in [0.15, 0.2) is 5.69 Å². The smallest absolute Gasteiger partial charge is 0.272 e. The average molecular weight is 419 g/mol. The zero-order valence-corrected chi connectivity index (χ0v) is 17.7. The third-order valence-electron chi connectivity index (χ3n) is 5.43. The van der Waals surface area contributed by atoms with Crippen molar-refractivity contribution in [3.63, 3.8) is 0 Å². The second kappa shape index (κ2) is 8.99. The molecule has 0 atom stereocenters. The van der Waals surface area contributed by atoms with Gasteiger partial charge in [-0.3, -0.25) is 19.3 Å². The number of nitrogens with zero attached hydrogens (tertiary/aromatic N) is 4. The lowest BCUT2D eigenvalue weighted by Crippen LogP contribution is -2.37. The minimum atomic E-state index is -0.244. The number of ether oxygens (including phenoxy) is 1. The second-order valence-electron chi connectivity index (χ2n) is 7.31. The number of aryl methyl sites for hydroxylation is 1. The summed E-state index contributed by atoms with van der Waals surface area (Å²) in [7, 11) is 1.62. The minimum absolute atomic E-state index is 0.139. The molecule has 0 aliphatic carbocycles. The molecule has 2 aromatic heterocycles. The van der Waals surface area contributed by atoms with Crippen LogP contribution < -0.4 is 10.1 Å². The lowest BCUT2D eigenvalue weighted by atomic mass is 10.0. The van der Waals surface area contributed by atoms with Crippen molar-refractivity contribution in [2.75, 3.05) is 13.7 Å². The van der Waals surface area contributed by atoms with Crippen molar-refractivity contribution in [1.29, 1.82) is 0 Å². The van der Waals surface area contributed by atoms with E-state index in [1.165, 1.54) is 0 Å². The molecule has 0 saturated carbocycles. The van der Waals surface area contributed by atoms with Crippen molar-refractivity contribution < 1.29 is 14.3 Å². The SMILES string of the molecule is CCn1nc(C(=O)NCc2ccc(OC)cc2)c2c1CCN(C(=O)c1ccccn1)C2. The molecule has 8 heteroatoms. The van der Waals surface area contributed by atoms with Crippen LogP contribution in [0.5, 0.6) is 5.75 Å². The monoisotopic (exact) mass is 419 g/mol. The van der Waals surface area contributed by atoms with Crippen molar-refractivity contribution in [3.05, 3.63) is 76.9 Å². The standard InChI is InChI=1S/C23H25N5O3/c1-3-28-20-11-13-27(23(30)19-6-4-5-12-24-19)15-18(20)21(26-28)22(29)25-14-16-7-9-17(31-2)10-8-16/h4-10,12H,3,11,13-15H2,1-2H3,(H,25,29). The van der Waals surface area contributed by atoms with E-state index in [1.54, 1.807) is 36.4 Å². The maximum atomic E-state index is 13.0. The minimum Gasteiger partial charge on any atom is -0.497 e. The Morgan fingerprint density at radius 3 is 2.65 bits per heavy atom. The van der Waals surface area contributed by atoms with Gasteiger partial charge in [0.1, 0.15) is 11.4 Å². The number of benzene rings is 1. The Morgan fingerprint density at radius 1 is 1.16 bits per heavy atom. The van der Waals surface area contributed by atoms with Gasteiger partial charge in [0, 0.05) is 43.5 Å². The average Bonchev–Trinajstić information content (AvgIpc) is 3.21. The van der Waals surface area contributed by atoms with Crippen LogP contribution in [-0.2, 0) is 26.1 Å². The van der Waals surface area contributed by atoms with Crippen molar-refractivity contribution >= 4 is 11.8 Å². The molecule has 2 amide bonds. The van der Waals surface area contributed by atoms with Crippen LogP contribution in [0.3, 0.4) is 0 Å². The summed E-state index contributed by atoms with van der Waals surface area (Å²) in [5.41, 5.74) is 3.57. The van der Waals surface area contributed by atoms with Crippen LogP contribution in [0.4, 0.5) is 0 Å². The molecule has 4 rings (SSSR count). The molecule has 31 heavy (non-hydrogen) atoms. The number of carbonyl (C=O) groups excluding carboxylic acids is 2. The van der Waals surface area contributed by atoms with Gasteiger partial charge in [0.2, 0.25) is 0 Å². The lowest BCUT2D eigenvalue weighted by molar-refractivity contribution is 0.0724. The van der Waals surface area contributed by atoms with Gasteiger partial charge >= 0.3 is 0 Å². The molecule has 0 fully saturated rings. The molecular formula is C23H25N5O3. The second-order valence-corrected chi connectivity index (χ2v) is 7.31. The van der Waals surface area contributed by atoms with E-state index in [2.05, 4.69) is 15.4 Å². The van der Waals surface area contributed by atoms with E-state index < -0.39 is 0 Å². The van der Waals surface area contributed by atoms with Crippen LogP contribution in [0.25, 0.3) is 0 Å². The molecule has 1 aliphatic rings. The molecule has 0 radical (unpaired) electrons. The number of aromatic nitrogens is 3. The highest BCUT2D eigenvalue weighted by molar-refractivity contribution is 5.95. The Bertz CT molecular complexity index is 1080. The van der Waals surface area contributed by atoms with Crippen LogP contribution in [0, 0.1) is 0 Å². The van der Waals surface area contributed by atoms with Gasteiger partial charge < -0.3 is 15.0 Å². The fraction of sp³-hybridized carbons (Fsp3) is 0.304. The van der Waals surface area contributed by atoms with Crippen LogP contribution in [-0.4, -0.2) is 45.1 Å². The Balaban J connectivity index is 1.52. The number of fused-ring (bicyclic) bond motifs is 1. The van der Waals surface area contributed by atoms with Gasteiger partial charge in [0.25, 0.3) is 11.8 Å². The molecule has 8 nitrogen and oxygen atoms in total. The Labute approximate surface area is 180 Å². The normalized spacial score (nSPS) is 12.9. The van der Waals surface area contributed by atoms with Crippen molar-refractivity contribution in [2.24, 2.45) is 0 Å². The summed E-state index contributed by atoms with van der Waals surface area (Å²) in [4.78, 5) is 31.7. The van der Waals surface area contributed by atoms with Crippen LogP contribution >= 0.6 is 0 Å². The quantitative estimate of drug-likeness (QED) is 0.663. The van der Waals surface area contributed by atoms with Gasteiger partial charge in [-0.05, 0) is 36.8 Å². The van der Waals surface area contributed by atoms with E-state index >= 15 is 0 Å². The molecule has 3 heterocycles. The first kappa shape index (κ1) is 20.6. The number of pyridine rings is 1. The first-order valence-corrected chi connectivity index (χ1v) is 10.3. The van der Waals surface area contributed by atoms with Gasteiger partial charge in [-0.25, -0.2) is 0 Å². The van der Waals surface area contributed by atoms with Crippen LogP contribution in [0.2, 0.25) is 0 Å². The van der Waals surface area contributed by atoms with Gasteiger partial charge in [-0.15, -0.1) is 0 Å². The zero-order valence-electron chi connectivity index (χ0n) is 17.7. The molecule has 0 spiro atoms. The van der Waals surface area contributed by atoms with E-state index in [4.69, 9.17) is 4.74 Å². The summed E-state index contributed by atoms with van der Waals surface area (Å²) in [6, 6.07) is 12.8. The van der Waals surface area contributed by atoms with Gasteiger partial charge in [-0.2, -0.15) is 5.10 Å². The highest BCUT2D eigenvalue weighted by Gasteiger charge is 2.30. The first-order valence-electron chi connectivity index (χ1n) is 10.3. The molecular weight excluding hydrogens is 394 g/mol. The van der Waals surface area contributed by atoms with E-state index in [1.807, 2.05) is 35.9 Å². The van der Waals surface area contributed by atoms with Crippen LogP contribution in [0.1, 0.15) is 44.7 Å². The molecule has 160 valence electrons. The fourth-order valence-corrected chi connectivity index (χ4v) is 3.77. The molecule has 3 aromatic rings. The van der Waals surface area contributed by atoms with Crippen LogP contribution in [0.15, 0.2) is 48.7 Å². The number of methoxy groups -OCH3 is 1. The summed E-state index contributed by atoms with van der Waals surface area (Å²) in [5.74, 6) is 0.384. The molecule has 1 aromatic carbocycles.